The summed E-state index contributed by atoms with van der Waals surface area (Å²) in [6.07, 6.45) is 0.990. The van der Waals surface area contributed by atoms with E-state index in [1.165, 1.54) is 16.9 Å². The van der Waals surface area contributed by atoms with Crippen molar-refractivity contribution >= 4 is 17.2 Å². The Morgan fingerprint density at radius 1 is 1.32 bits per heavy atom. The van der Waals surface area contributed by atoms with E-state index in [1.807, 2.05) is 35.9 Å². The van der Waals surface area contributed by atoms with Crippen LogP contribution in [0.1, 0.15) is 43.4 Å². The van der Waals surface area contributed by atoms with Gasteiger partial charge in [-0.25, -0.2) is 0 Å². The third-order valence-electron chi connectivity index (χ3n) is 4.03. The highest BCUT2D eigenvalue weighted by atomic mass is 32.1. The van der Waals surface area contributed by atoms with E-state index in [0.29, 0.717) is 0 Å². The molecular weight excluding hydrogens is 294 g/mol. The highest BCUT2D eigenvalue weighted by molar-refractivity contribution is 7.08. The second-order valence-corrected chi connectivity index (χ2v) is 6.60. The first-order valence-corrected chi connectivity index (χ1v) is 8.50. The van der Waals surface area contributed by atoms with Crippen LogP contribution in [0.3, 0.4) is 0 Å². The van der Waals surface area contributed by atoms with Crippen molar-refractivity contribution in [2.45, 2.75) is 38.7 Å². The topological polar surface area (TPSA) is 49.3 Å². The van der Waals surface area contributed by atoms with Gasteiger partial charge in [-0.15, -0.1) is 0 Å². The lowest BCUT2D eigenvalue weighted by atomic mass is 9.96. The highest BCUT2D eigenvalue weighted by Gasteiger charge is 2.25. The summed E-state index contributed by atoms with van der Waals surface area (Å²) >= 11 is 1.53. The fourth-order valence-electron chi connectivity index (χ4n) is 2.28. The molecule has 1 heterocycles. The summed E-state index contributed by atoms with van der Waals surface area (Å²) in [5.74, 6) is -0.302. The lowest BCUT2D eigenvalue weighted by Crippen LogP contribution is -2.40. The first kappa shape index (κ1) is 16.7. The standard InChI is InChI=1S/C18H23NO2S/c1-4-14-5-7-15(8-6-14)13(2)17(20)19-12-18(3,21)16-9-10-22-11-16/h5-11,13,21H,4,12H2,1-3H3,(H,19,20). The number of hydrogen-bond acceptors (Lipinski definition) is 3. The zero-order valence-electron chi connectivity index (χ0n) is 13.3. The Hall–Kier alpha value is -1.65. The monoisotopic (exact) mass is 317 g/mol. The number of benzene rings is 1. The van der Waals surface area contributed by atoms with Gasteiger partial charge in [0.2, 0.25) is 5.91 Å². The van der Waals surface area contributed by atoms with Gasteiger partial charge in [-0.1, -0.05) is 31.2 Å². The number of carbonyl (C=O) groups is 1. The molecule has 0 radical (unpaired) electrons. The van der Waals surface area contributed by atoms with Crippen LogP contribution in [0.2, 0.25) is 0 Å². The fraction of sp³-hybridized carbons (Fsp3) is 0.389. The maximum absolute atomic E-state index is 12.3. The van der Waals surface area contributed by atoms with Crippen LogP contribution in [-0.4, -0.2) is 17.6 Å². The molecule has 2 N–H and O–H groups in total. The summed E-state index contributed by atoms with van der Waals surface area (Å²) in [6.45, 7) is 5.92. The molecule has 4 heteroatoms. The number of thiophene rings is 1. The summed E-state index contributed by atoms with van der Waals surface area (Å²) in [5, 5.41) is 17.1. The Morgan fingerprint density at radius 2 is 2.00 bits per heavy atom. The number of rotatable bonds is 6. The summed E-state index contributed by atoms with van der Waals surface area (Å²) < 4.78 is 0. The van der Waals surface area contributed by atoms with Crippen LogP contribution in [0.25, 0.3) is 0 Å². The third kappa shape index (κ3) is 3.96. The molecule has 0 aliphatic rings. The van der Waals surface area contributed by atoms with E-state index in [4.69, 9.17) is 0 Å². The highest BCUT2D eigenvalue weighted by Crippen LogP contribution is 2.23. The molecule has 0 aliphatic carbocycles. The molecule has 2 atom stereocenters. The molecule has 3 nitrogen and oxygen atoms in total. The molecule has 0 aliphatic heterocycles. The number of hydrogen-bond donors (Lipinski definition) is 2. The van der Waals surface area contributed by atoms with E-state index in [1.54, 1.807) is 6.92 Å². The van der Waals surface area contributed by atoms with Crippen molar-refractivity contribution in [2.24, 2.45) is 0 Å². The van der Waals surface area contributed by atoms with E-state index in [0.717, 1.165) is 17.5 Å². The Bertz CT molecular complexity index is 603. The summed E-state index contributed by atoms with van der Waals surface area (Å²) in [4.78, 5) is 12.3. The quantitative estimate of drug-likeness (QED) is 0.857. The SMILES string of the molecule is CCc1ccc(C(C)C(=O)NCC(C)(O)c2ccsc2)cc1. The normalized spacial score (nSPS) is 15.1. The average molecular weight is 317 g/mol. The van der Waals surface area contributed by atoms with Crippen molar-refractivity contribution in [1.29, 1.82) is 0 Å². The number of nitrogens with one attached hydrogen (secondary N) is 1. The Balaban J connectivity index is 1.96. The van der Waals surface area contributed by atoms with Crippen molar-refractivity contribution in [2.75, 3.05) is 6.54 Å². The molecule has 2 rings (SSSR count). The average Bonchev–Trinajstić information content (AvgIpc) is 3.07. The van der Waals surface area contributed by atoms with Gasteiger partial charge in [0, 0.05) is 0 Å². The predicted molar refractivity (Wildman–Crippen MR) is 91.1 cm³/mol. The molecule has 0 saturated carbocycles. The first-order valence-electron chi connectivity index (χ1n) is 7.55. The molecule has 1 aromatic carbocycles. The van der Waals surface area contributed by atoms with Gasteiger partial charge >= 0.3 is 0 Å². The molecule has 2 unspecified atom stereocenters. The van der Waals surface area contributed by atoms with Crippen LogP contribution < -0.4 is 5.32 Å². The van der Waals surface area contributed by atoms with Crippen molar-refractivity contribution in [3.8, 4) is 0 Å². The van der Waals surface area contributed by atoms with Crippen molar-refractivity contribution in [3.63, 3.8) is 0 Å². The smallest absolute Gasteiger partial charge is 0.227 e. The second kappa shape index (κ2) is 7.07. The van der Waals surface area contributed by atoms with Gasteiger partial charge in [0.25, 0.3) is 0 Å². The minimum absolute atomic E-state index is 0.0697. The number of aliphatic hydroxyl groups is 1. The Morgan fingerprint density at radius 3 is 2.55 bits per heavy atom. The van der Waals surface area contributed by atoms with E-state index in [-0.39, 0.29) is 18.4 Å². The zero-order valence-corrected chi connectivity index (χ0v) is 14.1. The maximum Gasteiger partial charge on any atom is 0.227 e. The summed E-state index contributed by atoms with van der Waals surface area (Å²) in [5.41, 5.74) is 2.04. The molecule has 0 bridgehead atoms. The van der Waals surface area contributed by atoms with E-state index >= 15 is 0 Å². The fourth-order valence-corrected chi connectivity index (χ4v) is 3.06. The Labute approximate surface area is 136 Å². The van der Waals surface area contributed by atoms with Crippen LogP contribution >= 0.6 is 11.3 Å². The minimum atomic E-state index is -1.04. The van der Waals surface area contributed by atoms with Gasteiger partial charge < -0.3 is 10.4 Å². The van der Waals surface area contributed by atoms with Crippen LogP contribution in [0.4, 0.5) is 0 Å². The van der Waals surface area contributed by atoms with Crippen molar-refractivity contribution < 1.29 is 9.90 Å². The molecular formula is C18H23NO2S. The molecule has 0 fully saturated rings. The Kier molecular flexibility index (Phi) is 5.37. The lowest BCUT2D eigenvalue weighted by Gasteiger charge is -2.24. The van der Waals surface area contributed by atoms with E-state index in [2.05, 4.69) is 24.4 Å². The summed E-state index contributed by atoms with van der Waals surface area (Å²) in [6, 6.07) is 9.99. The maximum atomic E-state index is 12.3. The summed E-state index contributed by atoms with van der Waals surface area (Å²) in [7, 11) is 0. The third-order valence-corrected chi connectivity index (χ3v) is 4.71. The number of aryl methyl sites for hydroxylation is 1. The van der Waals surface area contributed by atoms with Crippen LogP contribution in [0, 0.1) is 0 Å². The van der Waals surface area contributed by atoms with Gasteiger partial charge in [0.1, 0.15) is 5.60 Å². The van der Waals surface area contributed by atoms with E-state index < -0.39 is 5.60 Å². The van der Waals surface area contributed by atoms with Crippen molar-refractivity contribution in [1.82, 2.24) is 5.32 Å². The molecule has 22 heavy (non-hydrogen) atoms. The van der Waals surface area contributed by atoms with Gasteiger partial charge in [-0.3, -0.25) is 4.79 Å². The van der Waals surface area contributed by atoms with Crippen LogP contribution in [-0.2, 0) is 16.8 Å². The number of carbonyl (C=O) groups excluding carboxylic acids is 1. The second-order valence-electron chi connectivity index (χ2n) is 5.82. The van der Waals surface area contributed by atoms with Crippen LogP contribution in [0.5, 0.6) is 0 Å². The molecule has 118 valence electrons. The van der Waals surface area contributed by atoms with Crippen molar-refractivity contribution in [3.05, 3.63) is 57.8 Å². The number of amides is 1. The molecule has 2 aromatic rings. The van der Waals surface area contributed by atoms with Gasteiger partial charge in [0.15, 0.2) is 0 Å². The molecule has 1 amide bonds. The van der Waals surface area contributed by atoms with Gasteiger partial charge in [0.05, 0.1) is 12.5 Å². The zero-order chi connectivity index (χ0) is 16.2. The molecule has 1 aromatic heterocycles. The molecule has 0 spiro atoms. The van der Waals surface area contributed by atoms with E-state index in [9.17, 15) is 9.90 Å². The predicted octanol–water partition coefficient (Wildman–Crippen LogP) is 3.44. The van der Waals surface area contributed by atoms with Crippen LogP contribution in [0.15, 0.2) is 41.1 Å². The van der Waals surface area contributed by atoms with Gasteiger partial charge in [-0.2, -0.15) is 11.3 Å². The minimum Gasteiger partial charge on any atom is -0.384 e. The first-order chi connectivity index (χ1) is 10.4. The van der Waals surface area contributed by atoms with Gasteiger partial charge in [-0.05, 0) is 53.8 Å². The largest absolute Gasteiger partial charge is 0.384 e. The molecule has 0 saturated heterocycles. The lowest BCUT2D eigenvalue weighted by molar-refractivity contribution is -0.123.